The van der Waals surface area contributed by atoms with Gasteiger partial charge in [-0.3, -0.25) is 4.79 Å². The zero-order valence-corrected chi connectivity index (χ0v) is 10.00. The molecule has 0 heterocycles. The maximum atomic E-state index is 11.7. The Balaban J connectivity index is 1.76. The number of hydrogen-bond donors (Lipinski definition) is 3. The molecular formula is C12H20N2O3. The van der Waals surface area contributed by atoms with Crippen molar-refractivity contribution in [1.29, 1.82) is 0 Å². The van der Waals surface area contributed by atoms with Crippen molar-refractivity contribution in [2.75, 3.05) is 6.54 Å². The Labute approximate surface area is 101 Å². The van der Waals surface area contributed by atoms with Crippen molar-refractivity contribution in [2.24, 2.45) is 0 Å². The van der Waals surface area contributed by atoms with E-state index < -0.39 is 11.5 Å². The monoisotopic (exact) mass is 240 g/mol. The summed E-state index contributed by atoms with van der Waals surface area (Å²) in [5.41, 5.74) is -0.989. The lowest BCUT2D eigenvalue weighted by Crippen LogP contribution is -2.52. The highest BCUT2D eigenvalue weighted by molar-refractivity contribution is 5.87. The maximum Gasteiger partial charge on any atom is 0.329 e. The van der Waals surface area contributed by atoms with Crippen LogP contribution in [0.15, 0.2) is 0 Å². The molecule has 0 aliphatic heterocycles. The summed E-state index contributed by atoms with van der Waals surface area (Å²) in [7, 11) is 0. The number of carbonyl (C=O) groups excluding carboxylic acids is 1. The molecular weight excluding hydrogens is 220 g/mol. The predicted molar refractivity (Wildman–Crippen MR) is 62.6 cm³/mol. The first-order chi connectivity index (χ1) is 8.12. The topological polar surface area (TPSA) is 78.4 Å². The Hall–Kier alpha value is -1.10. The quantitative estimate of drug-likeness (QED) is 0.636. The molecule has 0 spiro atoms. The minimum Gasteiger partial charge on any atom is -0.480 e. The van der Waals surface area contributed by atoms with E-state index in [9.17, 15) is 14.7 Å². The fourth-order valence-corrected chi connectivity index (χ4v) is 2.38. The second kappa shape index (κ2) is 5.04. The Morgan fingerprint density at radius 1 is 1.24 bits per heavy atom. The zero-order valence-electron chi connectivity index (χ0n) is 10.00. The summed E-state index contributed by atoms with van der Waals surface area (Å²) >= 11 is 0. The van der Waals surface area contributed by atoms with Gasteiger partial charge < -0.3 is 15.7 Å². The van der Waals surface area contributed by atoms with Gasteiger partial charge in [0.1, 0.15) is 5.54 Å². The first-order valence-corrected chi connectivity index (χ1v) is 6.40. The van der Waals surface area contributed by atoms with E-state index in [4.69, 9.17) is 0 Å². The fourth-order valence-electron chi connectivity index (χ4n) is 2.38. The maximum absolute atomic E-state index is 11.7. The van der Waals surface area contributed by atoms with E-state index >= 15 is 0 Å². The van der Waals surface area contributed by atoms with Crippen LogP contribution in [0.1, 0.15) is 44.9 Å². The van der Waals surface area contributed by atoms with Crippen LogP contribution in [0.25, 0.3) is 0 Å². The van der Waals surface area contributed by atoms with Gasteiger partial charge >= 0.3 is 5.97 Å². The summed E-state index contributed by atoms with van der Waals surface area (Å²) in [5.74, 6) is -1.04. The van der Waals surface area contributed by atoms with Crippen LogP contribution in [0.2, 0.25) is 0 Å². The molecule has 2 rings (SSSR count). The van der Waals surface area contributed by atoms with Crippen molar-refractivity contribution in [3.05, 3.63) is 0 Å². The molecule has 3 N–H and O–H groups in total. The molecule has 0 aromatic rings. The molecule has 0 atom stereocenters. The van der Waals surface area contributed by atoms with Crippen molar-refractivity contribution in [3.8, 4) is 0 Å². The molecule has 1 amide bonds. The van der Waals surface area contributed by atoms with Gasteiger partial charge in [-0.15, -0.1) is 0 Å². The van der Waals surface area contributed by atoms with E-state index in [0.29, 0.717) is 31.8 Å². The van der Waals surface area contributed by atoms with Crippen molar-refractivity contribution in [3.63, 3.8) is 0 Å². The van der Waals surface area contributed by atoms with E-state index in [1.165, 1.54) is 12.8 Å². The lowest BCUT2D eigenvalue weighted by Gasteiger charge is -2.25. The lowest BCUT2D eigenvalue weighted by molar-refractivity contribution is -0.147. The average molecular weight is 240 g/mol. The predicted octanol–water partition coefficient (Wildman–Crippen LogP) is 0.642. The average Bonchev–Trinajstić information content (AvgIpc) is 2.96. The molecule has 2 fully saturated rings. The first kappa shape index (κ1) is 12.4. The van der Waals surface area contributed by atoms with Crippen molar-refractivity contribution >= 4 is 11.9 Å². The SMILES string of the molecule is O=C(CCNC1CC1)NC1(C(=O)O)CCCC1. The minimum atomic E-state index is -0.989. The number of rotatable bonds is 6. The number of hydrogen-bond acceptors (Lipinski definition) is 3. The van der Waals surface area contributed by atoms with Crippen LogP contribution in [0, 0.1) is 0 Å². The van der Waals surface area contributed by atoms with Crippen molar-refractivity contribution < 1.29 is 14.7 Å². The smallest absolute Gasteiger partial charge is 0.329 e. The Kier molecular flexibility index (Phi) is 3.66. The largest absolute Gasteiger partial charge is 0.480 e. The van der Waals surface area contributed by atoms with Gasteiger partial charge in [-0.2, -0.15) is 0 Å². The van der Waals surface area contributed by atoms with E-state index in [2.05, 4.69) is 10.6 Å². The van der Waals surface area contributed by atoms with E-state index in [0.717, 1.165) is 12.8 Å². The molecule has 0 saturated heterocycles. The van der Waals surface area contributed by atoms with Gasteiger partial charge in [0.25, 0.3) is 0 Å². The summed E-state index contributed by atoms with van der Waals surface area (Å²) in [6.07, 6.45) is 5.64. The molecule has 0 unspecified atom stereocenters. The second-order valence-corrected chi connectivity index (χ2v) is 5.12. The van der Waals surface area contributed by atoms with Gasteiger partial charge in [-0.1, -0.05) is 12.8 Å². The third kappa shape index (κ3) is 3.19. The fraction of sp³-hybridized carbons (Fsp3) is 0.833. The molecule has 0 bridgehead atoms. The number of carboxylic acids is 1. The number of amides is 1. The first-order valence-electron chi connectivity index (χ1n) is 6.40. The van der Waals surface area contributed by atoms with Crippen LogP contribution in [-0.2, 0) is 9.59 Å². The molecule has 96 valence electrons. The van der Waals surface area contributed by atoms with Crippen LogP contribution >= 0.6 is 0 Å². The standard InChI is InChI=1S/C12H20N2O3/c15-10(5-8-13-9-3-4-9)14-12(11(16)17)6-1-2-7-12/h9,13H,1-8H2,(H,14,15)(H,16,17). The minimum absolute atomic E-state index is 0.151. The van der Waals surface area contributed by atoms with Crippen molar-refractivity contribution in [1.82, 2.24) is 10.6 Å². The van der Waals surface area contributed by atoms with Crippen LogP contribution in [0.5, 0.6) is 0 Å². The van der Waals surface area contributed by atoms with Gasteiger partial charge in [0.05, 0.1) is 0 Å². The van der Waals surface area contributed by atoms with E-state index in [1.807, 2.05) is 0 Å². The third-order valence-corrected chi connectivity index (χ3v) is 3.61. The van der Waals surface area contributed by atoms with E-state index in [1.54, 1.807) is 0 Å². The molecule has 5 heteroatoms. The Bertz CT molecular complexity index is 307. The van der Waals surface area contributed by atoms with Crippen LogP contribution in [0.4, 0.5) is 0 Å². The highest BCUT2D eigenvalue weighted by Gasteiger charge is 2.42. The summed E-state index contributed by atoms with van der Waals surface area (Å²) in [5, 5.41) is 15.2. The van der Waals surface area contributed by atoms with Crippen LogP contribution < -0.4 is 10.6 Å². The van der Waals surface area contributed by atoms with Gasteiger partial charge in [-0.25, -0.2) is 4.79 Å². The summed E-state index contributed by atoms with van der Waals surface area (Å²) < 4.78 is 0. The van der Waals surface area contributed by atoms with Gasteiger partial charge in [0.15, 0.2) is 0 Å². The second-order valence-electron chi connectivity index (χ2n) is 5.12. The van der Waals surface area contributed by atoms with Gasteiger partial charge in [0.2, 0.25) is 5.91 Å². The molecule has 0 aromatic heterocycles. The van der Waals surface area contributed by atoms with E-state index in [-0.39, 0.29) is 5.91 Å². The molecule has 2 aliphatic carbocycles. The molecule has 0 radical (unpaired) electrons. The highest BCUT2D eigenvalue weighted by atomic mass is 16.4. The Morgan fingerprint density at radius 3 is 2.41 bits per heavy atom. The number of aliphatic carboxylic acids is 1. The third-order valence-electron chi connectivity index (χ3n) is 3.61. The number of nitrogens with one attached hydrogen (secondary N) is 2. The summed E-state index contributed by atoms with van der Waals surface area (Å²) in [6, 6.07) is 0.586. The Morgan fingerprint density at radius 2 is 1.88 bits per heavy atom. The summed E-state index contributed by atoms with van der Waals surface area (Å²) in [6.45, 7) is 0.645. The molecule has 5 nitrogen and oxygen atoms in total. The molecule has 2 aliphatic rings. The number of carboxylic acid groups (broad SMARTS) is 1. The zero-order chi connectivity index (χ0) is 12.3. The normalized spacial score (nSPS) is 22.4. The van der Waals surface area contributed by atoms with Gasteiger partial charge in [0, 0.05) is 19.0 Å². The molecule has 0 aromatic carbocycles. The van der Waals surface area contributed by atoms with Gasteiger partial charge in [-0.05, 0) is 25.7 Å². The molecule has 17 heavy (non-hydrogen) atoms. The van der Waals surface area contributed by atoms with Crippen molar-refractivity contribution in [2.45, 2.75) is 56.5 Å². The van der Waals surface area contributed by atoms with Crippen LogP contribution in [0.3, 0.4) is 0 Å². The number of carbonyl (C=O) groups is 2. The molecule has 2 saturated carbocycles. The lowest BCUT2D eigenvalue weighted by atomic mass is 9.97. The summed E-state index contributed by atoms with van der Waals surface area (Å²) in [4.78, 5) is 22.9. The highest BCUT2D eigenvalue weighted by Crippen LogP contribution is 2.29. The van der Waals surface area contributed by atoms with Crippen LogP contribution in [-0.4, -0.2) is 35.1 Å².